The molecule has 0 aliphatic rings. The molecule has 0 atom stereocenters. The molecule has 0 aromatic rings. The first-order valence-electron chi connectivity index (χ1n) is 0.894. The van der Waals surface area contributed by atoms with Gasteiger partial charge < -0.3 is 0 Å². The fourth-order valence-corrected chi connectivity index (χ4v) is 0. The maximum Gasteiger partial charge on any atom is 0 e. The van der Waals surface area contributed by atoms with Gasteiger partial charge in [0.1, 0.15) is 0 Å². The van der Waals surface area contributed by atoms with E-state index in [1.807, 2.05) is 0 Å². The van der Waals surface area contributed by atoms with Crippen molar-refractivity contribution in [1.82, 2.24) is 0 Å². The van der Waals surface area contributed by atoms with Crippen LogP contribution in [-0.2, 0) is 44.3 Å². The standard InChI is InChI=1S/Ba.4H2O.Sr.Ti.Zr.4H/h;4*1H2;;;;;;;/q;;;;;;+4;;;;;/p-4. The van der Waals surface area contributed by atoms with E-state index in [9.17, 15) is 0 Å². The van der Waals surface area contributed by atoms with Gasteiger partial charge in [0.05, 0.1) is 0 Å². The molecule has 8 heteroatoms. The summed E-state index contributed by atoms with van der Waals surface area (Å²) < 4.78 is 29.5. The van der Waals surface area contributed by atoms with E-state index in [1.165, 1.54) is 0 Å². The molecule has 0 aliphatic heterocycles. The van der Waals surface area contributed by atoms with Gasteiger partial charge in [-0.3, -0.25) is 0 Å². The topological polar surface area (TPSA) is 80.9 Å². The Balaban J connectivity index is -0.0000000267. The van der Waals surface area contributed by atoms with E-state index < -0.39 is 18.1 Å². The summed E-state index contributed by atoms with van der Waals surface area (Å²) in [7, 11) is 0. The van der Waals surface area contributed by atoms with Crippen LogP contribution in [0.3, 0.4) is 0 Å². The molecule has 0 fully saturated rings. The fourth-order valence-electron chi connectivity index (χ4n) is 0. The van der Waals surface area contributed by atoms with Gasteiger partial charge in [0.2, 0.25) is 0 Å². The molecule has 0 heterocycles. The SMILES string of the molecule is [BaH2].[OH][Ti]([OH])([OH])[OH].[SrH2].[Zr]. The van der Waals surface area contributed by atoms with Crippen molar-refractivity contribution in [1.29, 1.82) is 0 Å². The third kappa shape index (κ3) is 46.9. The van der Waals surface area contributed by atoms with Gasteiger partial charge in [0, 0.05) is 26.2 Å². The molecule has 0 bridgehead atoms. The summed E-state index contributed by atoms with van der Waals surface area (Å²) in [6.07, 6.45) is 0. The average Bonchev–Trinajstić information content (AvgIpc) is 0.722. The Hall–Kier alpha value is 4.49. The van der Waals surface area contributed by atoms with E-state index in [4.69, 9.17) is 14.8 Å². The van der Waals surface area contributed by atoms with Gasteiger partial charge in [0.25, 0.3) is 0 Å². The molecule has 4 N–H and O–H groups in total. The molecule has 0 saturated carbocycles. The first-order chi connectivity index (χ1) is 2.00. The van der Waals surface area contributed by atoms with Crippen LogP contribution in [0.1, 0.15) is 0 Å². The number of rotatable bonds is 0. The zero-order chi connectivity index (χ0) is 4.50. The maximum absolute atomic E-state index is 7.38. The maximum atomic E-state index is 7.38. The van der Waals surface area contributed by atoms with Crippen LogP contribution in [0.2, 0.25) is 0 Å². The first kappa shape index (κ1) is 22.9. The second kappa shape index (κ2) is 11.5. The van der Waals surface area contributed by atoms with Crippen LogP contribution < -0.4 is 0 Å². The molecule has 8 heavy (non-hydrogen) atoms. The predicted octanol–water partition coefficient (Wildman–Crippen LogP) is -4.07. The van der Waals surface area contributed by atoms with Crippen molar-refractivity contribution >= 4 is 94.4 Å². The third-order valence-corrected chi connectivity index (χ3v) is 0. The van der Waals surface area contributed by atoms with Gasteiger partial charge in [-0.1, -0.05) is 0 Å². The monoisotopic (exact) mass is 436 g/mol. The Morgan fingerprint density at radius 3 is 0.875 bits per heavy atom. The van der Waals surface area contributed by atoms with E-state index in [1.54, 1.807) is 0 Å². The van der Waals surface area contributed by atoms with Crippen LogP contribution in [-0.4, -0.2) is 109 Å². The molecular weight excluding hydrogens is 428 g/mol. The Kier molecular flexibility index (Phi) is 32.9. The van der Waals surface area contributed by atoms with Crippen LogP contribution in [0, 0.1) is 0 Å². The zero-order valence-corrected chi connectivity index (χ0v) is 6.81. The van der Waals surface area contributed by atoms with Crippen molar-refractivity contribution < 1.29 is 59.1 Å². The molecule has 44 valence electrons. The molecule has 0 aromatic carbocycles. The zero-order valence-electron chi connectivity index (χ0n) is 2.79. The van der Waals surface area contributed by atoms with Crippen molar-refractivity contribution in [2.24, 2.45) is 0 Å². The number of hydrogen-bond acceptors (Lipinski definition) is 4. The average molecular weight is 436 g/mol. The number of hydrogen-bond donors (Lipinski definition) is 4. The molecule has 0 radical (unpaired) electrons. The Bertz CT molecular complexity index is 31.5. The van der Waals surface area contributed by atoms with E-state index in [2.05, 4.69) is 0 Å². The van der Waals surface area contributed by atoms with E-state index >= 15 is 0 Å². The fraction of sp³-hybridized carbons (Fsp3) is 0. The molecule has 0 aromatic heterocycles. The van der Waals surface area contributed by atoms with Gasteiger partial charge >= 0.3 is 127 Å². The molecule has 0 spiro atoms. The van der Waals surface area contributed by atoms with E-state index in [-0.39, 0.29) is 121 Å². The molecule has 4 nitrogen and oxygen atoms in total. The quantitative estimate of drug-likeness (QED) is 0.292. The minimum Gasteiger partial charge on any atom is 0 e. The molecule has 0 rings (SSSR count). The molecule has 0 saturated heterocycles. The minimum atomic E-state index is -5.00. The van der Waals surface area contributed by atoms with Gasteiger partial charge in [-0.25, -0.2) is 0 Å². The van der Waals surface area contributed by atoms with Crippen molar-refractivity contribution in [2.75, 3.05) is 0 Å². The van der Waals surface area contributed by atoms with Crippen molar-refractivity contribution in [3.63, 3.8) is 0 Å². The van der Waals surface area contributed by atoms with Gasteiger partial charge in [-0.15, -0.1) is 0 Å². The Morgan fingerprint density at radius 2 is 0.875 bits per heavy atom. The normalized spacial score (nSPS) is 7.50. The smallest absolute Gasteiger partial charge is 0 e. The van der Waals surface area contributed by atoms with Gasteiger partial charge in [-0.2, -0.15) is 0 Å². The Labute approximate surface area is 149 Å². The summed E-state index contributed by atoms with van der Waals surface area (Å²) in [6.45, 7) is 0. The second-order valence-electron chi connectivity index (χ2n) is 0.600. The van der Waals surface area contributed by atoms with Crippen molar-refractivity contribution in [3.05, 3.63) is 0 Å². The van der Waals surface area contributed by atoms with Crippen molar-refractivity contribution in [3.8, 4) is 0 Å². The predicted molar refractivity (Wildman–Crippen MR) is 26.0 cm³/mol. The van der Waals surface area contributed by atoms with Crippen LogP contribution in [0.4, 0.5) is 0 Å². The summed E-state index contributed by atoms with van der Waals surface area (Å²) in [5.74, 6) is 0. The Morgan fingerprint density at radius 1 is 0.875 bits per heavy atom. The third-order valence-electron chi connectivity index (χ3n) is 0. The summed E-state index contributed by atoms with van der Waals surface area (Å²) in [4.78, 5) is 0. The molecule has 0 aliphatic carbocycles. The van der Waals surface area contributed by atoms with Gasteiger partial charge in [-0.05, 0) is 0 Å². The summed E-state index contributed by atoms with van der Waals surface area (Å²) in [6, 6.07) is 0. The molecule has 0 unspecified atom stereocenters. The van der Waals surface area contributed by atoms with Crippen LogP contribution in [0.5, 0.6) is 0 Å². The van der Waals surface area contributed by atoms with Crippen LogP contribution in [0.25, 0.3) is 0 Å². The molecule has 0 amide bonds. The van der Waals surface area contributed by atoms with Crippen LogP contribution in [0.15, 0.2) is 0 Å². The summed E-state index contributed by atoms with van der Waals surface area (Å²) >= 11 is -5.00. The summed E-state index contributed by atoms with van der Waals surface area (Å²) in [5, 5.41) is 0. The second-order valence-corrected chi connectivity index (χ2v) is 2.47. The van der Waals surface area contributed by atoms with Gasteiger partial charge in [0.15, 0.2) is 0 Å². The first-order valence-corrected chi connectivity index (χ1v) is 3.69. The summed E-state index contributed by atoms with van der Waals surface area (Å²) in [5.41, 5.74) is 0. The minimum absolute atomic E-state index is 0. The largest absolute Gasteiger partial charge is 0 e. The molecular formula is H8BaO4SrTiZr. The van der Waals surface area contributed by atoms with E-state index in [0.29, 0.717) is 0 Å². The van der Waals surface area contributed by atoms with Crippen LogP contribution >= 0.6 is 0 Å². The van der Waals surface area contributed by atoms with Crippen molar-refractivity contribution in [2.45, 2.75) is 0 Å². The van der Waals surface area contributed by atoms with E-state index in [0.717, 1.165) is 0 Å².